The van der Waals surface area contributed by atoms with Crippen LogP contribution in [0.2, 0.25) is 0 Å². The Morgan fingerprint density at radius 2 is 0.962 bits per heavy atom. The Morgan fingerprint density at radius 1 is 0.731 bits per heavy atom. The van der Waals surface area contributed by atoms with Crippen molar-refractivity contribution in [3.8, 4) is 0 Å². The van der Waals surface area contributed by atoms with Gasteiger partial charge < -0.3 is 23.0 Å². The van der Waals surface area contributed by atoms with Crippen LogP contribution in [-0.4, -0.2) is 36.0 Å². The van der Waals surface area contributed by atoms with Gasteiger partial charge in [-0.3, -0.25) is 9.13 Å². The van der Waals surface area contributed by atoms with Crippen LogP contribution in [0.1, 0.15) is 55.4 Å². The van der Waals surface area contributed by atoms with Gasteiger partial charge in [-0.15, -0.1) is 0 Å². The molecule has 0 saturated carbocycles. The van der Waals surface area contributed by atoms with E-state index in [-0.39, 0.29) is 29.6 Å². The van der Waals surface area contributed by atoms with Gasteiger partial charge in [-0.1, -0.05) is 4.57 Å². The molecule has 0 saturated heterocycles. The van der Waals surface area contributed by atoms with Crippen molar-refractivity contribution in [2.75, 3.05) is 6.16 Å². The van der Waals surface area contributed by atoms with E-state index in [2.05, 4.69) is 0 Å². The third kappa shape index (κ3) is 10.8. The average Bonchev–Trinajstić information content (AvgIpc) is 2.30. The zero-order chi connectivity index (χ0) is 20.0. The Balaban J connectivity index is 0. The fraction of sp³-hybridized carbons (Fsp3) is 1.00. The van der Waals surface area contributed by atoms with E-state index in [0.29, 0.717) is 0 Å². The van der Waals surface area contributed by atoms with E-state index >= 15 is 0 Å². The van der Waals surface area contributed by atoms with Crippen LogP contribution >= 0.6 is 23.2 Å². The third-order valence-corrected chi connectivity index (χ3v) is 10.1. The molecule has 0 bridgehead atoms. The predicted octanol–water partition coefficient (Wildman–Crippen LogP) is 1.51. The topological polar surface area (TPSA) is 111 Å². The Morgan fingerprint density at radius 3 is 1.12 bits per heavy atom. The van der Waals surface area contributed by atoms with Gasteiger partial charge >= 0.3 is 52.8 Å². The smallest absolute Gasteiger partial charge is 0.596 e. The van der Waals surface area contributed by atoms with Crippen molar-refractivity contribution in [3.63, 3.8) is 0 Å². The molecule has 0 N–H and O–H groups in total. The molecule has 0 aromatic heterocycles. The van der Waals surface area contributed by atoms with Gasteiger partial charge in [0.05, 0.1) is 24.4 Å². The van der Waals surface area contributed by atoms with Crippen molar-refractivity contribution in [2.24, 2.45) is 0 Å². The largest absolute Gasteiger partial charge is 1.00 e. The summed E-state index contributed by atoms with van der Waals surface area (Å²) in [6.07, 6.45) is -2.85. The van der Waals surface area contributed by atoms with Crippen LogP contribution in [-0.2, 0) is 31.8 Å². The van der Waals surface area contributed by atoms with E-state index in [4.69, 9.17) is 18.1 Å². The molecule has 0 fully saturated rings. The van der Waals surface area contributed by atoms with Crippen molar-refractivity contribution in [3.05, 3.63) is 0 Å². The number of rotatable bonds is 12. The molecule has 1 unspecified atom stereocenters. The van der Waals surface area contributed by atoms with E-state index in [1.54, 1.807) is 55.4 Å². The van der Waals surface area contributed by atoms with Gasteiger partial charge in [0.1, 0.15) is 0 Å². The van der Waals surface area contributed by atoms with Crippen molar-refractivity contribution < 1.29 is 66.2 Å². The zero-order valence-electron chi connectivity index (χ0n) is 17.2. The molecule has 0 amide bonds. The fourth-order valence-electron chi connectivity index (χ4n) is 2.01. The quantitative estimate of drug-likeness (QED) is 0.330. The molecule has 0 radical (unpaired) electrons. The molecular formula is C14H31NaO8P3+. The van der Waals surface area contributed by atoms with Crippen molar-refractivity contribution in [1.29, 1.82) is 0 Å². The van der Waals surface area contributed by atoms with Crippen molar-refractivity contribution >= 4 is 23.2 Å². The van der Waals surface area contributed by atoms with Crippen LogP contribution in [0.3, 0.4) is 0 Å². The summed E-state index contributed by atoms with van der Waals surface area (Å²) in [5.41, 5.74) is 0. The zero-order valence-corrected chi connectivity index (χ0v) is 21.9. The molecule has 1 atom stereocenters. The summed E-state index contributed by atoms with van der Waals surface area (Å²) in [5, 5.41) is -1.56. The second kappa shape index (κ2) is 12.8. The average molecular weight is 443 g/mol. The van der Waals surface area contributed by atoms with Gasteiger partial charge in [0, 0.05) is 0 Å². The molecule has 0 rings (SSSR count). The maximum absolute atomic E-state index is 13.4. The minimum atomic E-state index is -4.13. The molecule has 0 aromatic rings. The van der Waals surface area contributed by atoms with Crippen LogP contribution in [0.15, 0.2) is 0 Å². The first-order valence-corrected chi connectivity index (χ1v) is 12.8. The molecule has 0 heterocycles. The second-order valence-corrected chi connectivity index (χ2v) is 12.4. The summed E-state index contributed by atoms with van der Waals surface area (Å²) >= 11 is 0. The van der Waals surface area contributed by atoms with Gasteiger partial charge in [-0.2, -0.15) is 0 Å². The fourth-order valence-corrected chi connectivity index (χ4v) is 9.73. The summed E-state index contributed by atoms with van der Waals surface area (Å²) < 4.78 is 60.1. The monoisotopic (exact) mass is 443 g/mol. The Hall–Kier alpha value is 1.36. The molecule has 150 valence electrons. The summed E-state index contributed by atoms with van der Waals surface area (Å²) in [5.74, 6) is 0. The van der Waals surface area contributed by atoms with Crippen LogP contribution in [0.25, 0.3) is 0 Å². The molecular weight excluding hydrogens is 412 g/mol. The van der Waals surface area contributed by atoms with E-state index < -0.39 is 59.2 Å². The van der Waals surface area contributed by atoms with E-state index in [1.807, 2.05) is 0 Å². The third-order valence-electron chi connectivity index (χ3n) is 2.47. The second-order valence-electron chi connectivity index (χ2n) is 6.69. The first-order valence-electron chi connectivity index (χ1n) is 8.26. The van der Waals surface area contributed by atoms with Gasteiger partial charge in [-0.05, 0) is 55.4 Å². The maximum atomic E-state index is 13.4. The normalized spacial score (nSPS) is 13.8. The van der Waals surface area contributed by atoms with E-state index in [1.165, 1.54) is 0 Å². The molecule has 0 aliphatic rings. The van der Waals surface area contributed by atoms with E-state index in [0.717, 1.165) is 0 Å². The first-order chi connectivity index (χ1) is 11.2. The van der Waals surface area contributed by atoms with Gasteiger partial charge in [-0.25, -0.2) is 0 Å². The van der Waals surface area contributed by atoms with Crippen LogP contribution in [0.5, 0.6) is 0 Å². The van der Waals surface area contributed by atoms with Crippen molar-refractivity contribution in [2.45, 2.75) is 85.2 Å². The molecule has 8 nitrogen and oxygen atoms in total. The van der Waals surface area contributed by atoms with Gasteiger partial charge in [0.15, 0.2) is 6.16 Å². The molecule has 0 spiro atoms. The van der Waals surface area contributed by atoms with Crippen LogP contribution < -0.4 is 34.5 Å². The van der Waals surface area contributed by atoms with E-state index in [9.17, 15) is 18.6 Å². The number of hydrogen-bond acceptors (Lipinski definition) is 8. The van der Waals surface area contributed by atoms with Crippen molar-refractivity contribution in [1.82, 2.24) is 0 Å². The first kappa shape index (κ1) is 29.6. The Kier molecular flexibility index (Phi) is 14.6. The van der Waals surface area contributed by atoms with Crippen LogP contribution in [0.4, 0.5) is 0 Å². The summed E-state index contributed by atoms with van der Waals surface area (Å²) in [6.45, 7) is 13.0. The molecule has 0 aromatic carbocycles. The molecule has 26 heavy (non-hydrogen) atoms. The minimum absolute atomic E-state index is 0. The number of hydrogen-bond donors (Lipinski definition) is 0. The molecule has 0 aliphatic carbocycles. The minimum Gasteiger partial charge on any atom is -0.596 e. The standard InChI is InChI=1S/C14H31O8P3.Na/c1-10(2)19-24(17,20-11(3)4)14(9-23(15)16)25(18,21-12(5)6)22-13(7)8;/h10-14H,9H2,1-8H3;/q;+1. The summed E-state index contributed by atoms with van der Waals surface area (Å²) in [7, 11) is -11.3. The Labute approximate surface area is 180 Å². The molecule has 0 aliphatic heterocycles. The predicted molar refractivity (Wildman–Crippen MR) is 96.4 cm³/mol. The summed E-state index contributed by atoms with van der Waals surface area (Å²) in [4.78, 5) is 11.4. The van der Waals surface area contributed by atoms with Gasteiger partial charge in [0.2, 0.25) is 5.40 Å². The Bertz CT molecular complexity index is 458. The van der Waals surface area contributed by atoms with Gasteiger partial charge in [0.25, 0.3) is 0 Å². The SMILES string of the molecule is CC(C)OP(=O)(OC(C)C)C(C[P+](=O)[O-])P(=O)(OC(C)C)OC(C)C.[Na+]. The molecule has 12 heteroatoms. The summed E-state index contributed by atoms with van der Waals surface area (Å²) in [6, 6.07) is 0. The maximum Gasteiger partial charge on any atom is 1.00 e. The van der Waals surface area contributed by atoms with Crippen LogP contribution in [0, 0.1) is 0 Å².